The lowest BCUT2D eigenvalue weighted by Crippen LogP contribution is -2.50. The number of ether oxygens (including phenoxy) is 2. The van der Waals surface area contributed by atoms with Gasteiger partial charge >= 0.3 is 0 Å². The van der Waals surface area contributed by atoms with Crippen LogP contribution < -0.4 is 5.73 Å². The molecule has 2 amide bonds. The van der Waals surface area contributed by atoms with E-state index >= 15 is 0 Å². The van der Waals surface area contributed by atoms with Crippen LogP contribution in [0.1, 0.15) is 0 Å². The minimum Gasteiger partial charge on any atom is -0.383 e. The van der Waals surface area contributed by atoms with Gasteiger partial charge in [0, 0.05) is 27.2 Å². The topological polar surface area (TPSA) is 85.1 Å². The molecule has 8 heteroatoms. The highest BCUT2D eigenvalue weighted by Crippen LogP contribution is 2.00. The van der Waals surface area contributed by atoms with Crippen LogP contribution in [0.25, 0.3) is 0 Å². The quantitative estimate of drug-likeness (QED) is 0.681. The van der Waals surface area contributed by atoms with Gasteiger partial charge in [0.05, 0.1) is 26.4 Å². The van der Waals surface area contributed by atoms with Crippen LogP contribution >= 0.6 is 12.4 Å². The van der Waals surface area contributed by atoms with Crippen LogP contribution in [-0.2, 0) is 19.1 Å². The number of rotatable bonds is 5. The molecule has 2 N–H and O–H groups in total. The molecule has 0 spiro atoms. The fourth-order valence-electron chi connectivity index (χ4n) is 1.73. The molecule has 1 aliphatic heterocycles. The Balaban J connectivity index is 0.00000324. The average Bonchev–Trinajstić information content (AvgIpc) is 2.39. The Hall–Kier alpha value is -0.890. The van der Waals surface area contributed by atoms with Crippen molar-refractivity contribution < 1.29 is 19.1 Å². The summed E-state index contributed by atoms with van der Waals surface area (Å²) in [4.78, 5) is 26.7. The Kier molecular flexibility index (Phi) is 8.66. The summed E-state index contributed by atoms with van der Waals surface area (Å²) in [5.41, 5.74) is 5.62. The molecule has 1 heterocycles. The van der Waals surface area contributed by atoms with Gasteiger partial charge in [-0.25, -0.2) is 0 Å². The second-order valence-corrected chi connectivity index (χ2v) is 4.25. The molecule has 1 atom stereocenters. The van der Waals surface area contributed by atoms with Crippen molar-refractivity contribution in [2.24, 2.45) is 5.73 Å². The Labute approximate surface area is 119 Å². The molecule has 0 aromatic rings. The van der Waals surface area contributed by atoms with E-state index in [0.717, 1.165) is 0 Å². The minimum absolute atomic E-state index is 0. The van der Waals surface area contributed by atoms with Gasteiger partial charge in [0.15, 0.2) is 0 Å². The van der Waals surface area contributed by atoms with Gasteiger partial charge in [0.2, 0.25) is 11.8 Å². The molecule has 112 valence electrons. The largest absolute Gasteiger partial charge is 0.383 e. The summed E-state index contributed by atoms with van der Waals surface area (Å²) in [6, 6.07) is -0.725. The Morgan fingerprint density at radius 3 is 2.53 bits per heavy atom. The fraction of sp³-hybridized carbons (Fsp3) is 0.818. The number of amides is 2. The van der Waals surface area contributed by atoms with Crippen LogP contribution in [0.5, 0.6) is 0 Å². The first-order chi connectivity index (χ1) is 8.56. The monoisotopic (exact) mass is 295 g/mol. The summed E-state index contributed by atoms with van der Waals surface area (Å²) in [6.45, 7) is 2.43. The summed E-state index contributed by atoms with van der Waals surface area (Å²) in [6.07, 6.45) is 0. The summed E-state index contributed by atoms with van der Waals surface area (Å²) in [5.74, 6) is -0.378. The second-order valence-electron chi connectivity index (χ2n) is 4.25. The molecule has 1 fully saturated rings. The first kappa shape index (κ1) is 18.1. The number of morpholine rings is 1. The van der Waals surface area contributed by atoms with Crippen LogP contribution in [0.2, 0.25) is 0 Å². The third-order valence-electron chi connectivity index (χ3n) is 2.78. The highest BCUT2D eigenvalue weighted by molar-refractivity contribution is 5.87. The Morgan fingerprint density at radius 2 is 2.00 bits per heavy atom. The molecule has 0 aliphatic carbocycles. The molecule has 0 aromatic heterocycles. The van der Waals surface area contributed by atoms with Gasteiger partial charge in [-0.2, -0.15) is 0 Å². The number of nitrogens with two attached hydrogens (primary N) is 1. The smallest absolute Gasteiger partial charge is 0.242 e. The zero-order valence-electron chi connectivity index (χ0n) is 11.3. The van der Waals surface area contributed by atoms with E-state index in [0.29, 0.717) is 26.3 Å². The number of nitrogens with zero attached hydrogens (tertiary/aromatic N) is 2. The highest BCUT2D eigenvalue weighted by atomic mass is 35.5. The lowest BCUT2D eigenvalue weighted by molar-refractivity contribution is -0.142. The summed E-state index contributed by atoms with van der Waals surface area (Å²) >= 11 is 0. The summed E-state index contributed by atoms with van der Waals surface area (Å²) in [5, 5.41) is 0. The van der Waals surface area contributed by atoms with E-state index in [1.807, 2.05) is 0 Å². The van der Waals surface area contributed by atoms with Crippen LogP contribution in [0.3, 0.4) is 0 Å². The van der Waals surface area contributed by atoms with Gasteiger partial charge in [0.1, 0.15) is 6.04 Å². The van der Waals surface area contributed by atoms with Crippen LogP contribution in [0, 0.1) is 0 Å². The first-order valence-electron chi connectivity index (χ1n) is 5.91. The number of carbonyl (C=O) groups excluding carboxylic acids is 2. The van der Waals surface area contributed by atoms with E-state index in [2.05, 4.69) is 0 Å². The zero-order chi connectivity index (χ0) is 13.5. The van der Waals surface area contributed by atoms with Crippen LogP contribution in [0.4, 0.5) is 0 Å². The molecule has 1 rings (SSSR count). The average molecular weight is 296 g/mol. The van der Waals surface area contributed by atoms with Gasteiger partial charge in [-0.1, -0.05) is 0 Å². The summed E-state index contributed by atoms with van der Waals surface area (Å²) in [7, 11) is 3.04. The number of halogens is 1. The van der Waals surface area contributed by atoms with E-state index in [1.165, 1.54) is 12.0 Å². The number of carbonyl (C=O) groups is 2. The van der Waals surface area contributed by atoms with Crippen molar-refractivity contribution in [3.8, 4) is 0 Å². The van der Waals surface area contributed by atoms with Crippen molar-refractivity contribution >= 4 is 24.2 Å². The molecule has 1 aliphatic rings. The molecule has 7 nitrogen and oxygen atoms in total. The van der Waals surface area contributed by atoms with Gasteiger partial charge in [-0.05, 0) is 0 Å². The molecule has 0 saturated carbocycles. The van der Waals surface area contributed by atoms with Crippen molar-refractivity contribution in [1.82, 2.24) is 9.80 Å². The van der Waals surface area contributed by atoms with E-state index in [9.17, 15) is 9.59 Å². The third-order valence-corrected chi connectivity index (χ3v) is 2.78. The van der Waals surface area contributed by atoms with Gasteiger partial charge < -0.3 is 25.0 Å². The predicted molar refractivity (Wildman–Crippen MR) is 72.1 cm³/mol. The van der Waals surface area contributed by atoms with Crippen molar-refractivity contribution in [3.63, 3.8) is 0 Å². The normalized spacial score (nSPS) is 16.5. The van der Waals surface area contributed by atoms with Crippen molar-refractivity contribution in [2.75, 3.05) is 53.6 Å². The maximum atomic E-state index is 11.9. The zero-order valence-corrected chi connectivity index (χ0v) is 12.1. The minimum atomic E-state index is -0.725. The predicted octanol–water partition coefficient (Wildman–Crippen LogP) is -1.30. The van der Waals surface area contributed by atoms with E-state index in [-0.39, 0.29) is 37.4 Å². The van der Waals surface area contributed by atoms with Crippen molar-refractivity contribution in [1.29, 1.82) is 0 Å². The van der Waals surface area contributed by atoms with Crippen LogP contribution in [-0.4, -0.2) is 81.3 Å². The number of hydrogen-bond donors (Lipinski definition) is 1. The number of methoxy groups -OCH3 is 1. The molecule has 0 radical (unpaired) electrons. The number of hydrogen-bond acceptors (Lipinski definition) is 5. The number of likely N-dealkylation sites (N-methyl/N-ethyl adjacent to an activating group) is 1. The SMILES string of the molecule is COCC(N)C(=O)N(C)CC(=O)N1CCOCC1.Cl. The van der Waals surface area contributed by atoms with Crippen LogP contribution in [0.15, 0.2) is 0 Å². The van der Waals surface area contributed by atoms with Gasteiger partial charge in [0.25, 0.3) is 0 Å². The molecular weight excluding hydrogens is 274 g/mol. The third kappa shape index (κ3) is 5.73. The molecule has 1 unspecified atom stereocenters. The Bertz CT molecular complexity index is 298. The van der Waals surface area contributed by atoms with Crippen molar-refractivity contribution in [3.05, 3.63) is 0 Å². The molecule has 19 heavy (non-hydrogen) atoms. The molecule has 0 aromatic carbocycles. The lowest BCUT2D eigenvalue weighted by atomic mass is 10.3. The lowest BCUT2D eigenvalue weighted by Gasteiger charge is -2.29. The molecular formula is C11H22ClN3O4. The summed E-state index contributed by atoms with van der Waals surface area (Å²) < 4.78 is 9.97. The maximum absolute atomic E-state index is 11.9. The van der Waals surface area contributed by atoms with E-state index < -0.39 is 6.04 Å². The van der Waals surface area contributed by atoms with E-state index in [1.54, 1.807) is 11.9 Å². The molecule has 1 saturated heterocycles. The highest BCUT2D eigenvalue weighted by Gasteiger charge is 2.23. The standard InChI is InChI=1S/C11H21N3O4.ClH/c1-13(11(16)9(12)8-17-2)7-10(15)14-3-5-18-6-4-14;/h9H,3-8,12H2,1-2H3;1H. The maximum Gasteiger partial charge on any atom is 0.242 e. The van der Waals surface area contributed by atoms with Crippen molar-refractivity contribution in [2.45, 2.75) is 6.04 Å². The molecule has 0 bridgehead atoms. The van der Waals surface area contributed by atoms with Gasteiger partial charge in [-0.3, -0.25) is 9.59 Å². The Morgan fingerprint density at radius 1 is 1.42 bits per heavy atom. The van der Waals surface area contributed by atoms with Gasteiger partial charge in [-0.15, -0.1) is 12.4 Å². The first-order valence-corrected chi connectivity index (χ1v) is 5.91. The fourth-order valence-corrected chi connectivity index (χ4v) is 1.73. The second kappa shape index (κ2) is 9.08. The van der Waals surface area contributed by atoms with E-state index in [4.69, 9.17) is 15.2 Å².